The minimum Gasteiger partial charge on any atom is -0.508 e. The molecular formula is C18H17F2NO3. The van der Waals surface area contributed by atoms with Crippen LogP contribution in [0.5, 0.6) is 5.75 Å². The molecule has 1 saturated heterocycles. The number of benzene rings is 2. The van der Waals surface area contributed by atoms with Gasteiger partial charge < -0.3 is 14.7 Å². The highest BCUT2D eigenvalue weighted by atomic mass is 19.2. The summed E-state index contributed by atoms with van der Waals surface area (Å²) < 4.78 is 32.6. The first-order valence-electron chi connectivity index (χ1n) is 7.66. The zero-order valence-corrected chi connectivity index (χ0v) is 12.9. The van der Waals surface area contributed by atoms with Gasteiger partial charge in [0.05, 0.1) is 19.6 Å². The van der Waals surface area contributed by atoms with Gasteiger partial charge in [0.2, 0.25) is 5.91 Å². The van der Waals surface area contributed by atoms with Crippen molar-refractivity contribution in [3.05, 3.63) is 65.2 Å². The molecule has 3 rings (SSSR count). The number of morpholine rings is 1. The molecule has 2 aromatic rings. The summed E-state index contributed by atoms with van der Waals surface area (Å²) >= 11 is 0. The topological polar surface area (TPSA) is 49.8 Å². The number of amides is 1. The first-order valence-corrected chi connectivity index (χ1v) is 7.66. The van der Waals surface area contributed by atoms with E-state index in [1.165, 1.54) is 12.1 Å². The number of hydrogen-bond donors (Lipinski definition) is 1. The summed E-state index contributed by atoms with van der Waals surface area (Å²) in [4.78, 5) is 14.0. The quantitative estimate of drug-likeness (QED) is 0.940. The first-order chi connectivity index (χ1) is 11.5. The average Bonchev–Trinajstić information content (AvgIpc) is 2.59. The normalized spacial score (nSPS) is 17.8. The van der Waals surface area contributed by atoms with Gasteiger partial charge in [-0.25, -0.2) is 8.78 Å². The average molecular weight is 333 g/mol. The van der Waals surface area contributed by atoms with Gasteiger partial charge in [-0.3, -0.25) is 4.79 Å². The van der Waals surface area contributed by atoms with Crippen LogP contribution in [0, 0.1) is 11.6 Å². The highest BCUT2D eigenvalue weighted by Gasteiger charge is 2.26. The van der Waals surface area contributed by atoms with E-state index in [1.54, 1.807) is 23.1 Å². The molecule has 1 amide bonds. The summed E-state index contributed by atoms with van der Waals surface area (Å²) in [6.07, 6.45) is -0.553. The number of nitrogens with zero attached hydrogens (tertiary/aromatic N) is 1. The minimum atomic E-state index is -0.983. The Morgan fingerprint density at radius 2 is 2.04 bits per heavy atom. The molecule has 0 bridgehead atoms. The summed E-state index contributed by atoms with van der Waals surface area (Å²) in [5.74, 6) is -2.10. The smallest absolute Gasteiger partial charge is 0.227 e. The number of hydrogen-bond acceptors (Lipinski definition) is 3. The van der Waals surface area contributed by atoms with Crippen LogP contribution < -0.4 is 0 Å². The zero-order chi connectivity index (χ0) is 17.1. The second-order valence-electron chi connectivity index (χ2n) is 5.68. The molecule has 0 aromatic heterocycles. The van der Waals surface area contributed by atoms with E-state index < -0.39 is 11.6 Å². The molecule has 1 aliphatic rings. The van der Waals surface area contributed by atoms with E-state index in [0.717, 1.165) is 11.6 Å². The van der Waals surface area contributed by atoms with Crippen LogP contribution in [-0.4, -0.2) is 35.6 Å². The molecule has 0 aliphatic carbocycles. The number of aromatic hydroxyl groups is 1. The number of carbonyl (C=O) groups excluding carboxylic acids is 1. The lowest BCUT2D eigenvalue weighted by molar-refractivity contribution is -0.138. The molecule has 1 N–H and O–H groups in total. The lowest BCUT2D eigenvalue weighted by Gasteiger charge is -2.33. The molecule has 2 aromatic carbocycles. The molecule has 0 spiro atoms. The summed E-state index contributed by atoms with van der Waals surface area (Å²) in [7, 11) is 0. The van der Waals surface area contributed by atoms with Crippen molar-refractivity contribution in [1.82, 2.24) is 4.90 Å². The monoisotopic (exact) mass is 333 g/mol. The Morgan fingerprint density at radius 3 is 2.83 bits per heavy atom. The van der Waals surface area contributed by atoms with Gasteiger partial charge >= 0.3 is 0 Å². The fraction of sp³-hybridized carbons (Fsp3) is 0.278. The third-order valence-corrected chi connectivity index (χ3v) is 4.03. The van der Waals surface area contributed by atoms with Crippen LogP contribution >= 0.6 is 0 Å². The highest BCUT2D eigenvalue weighted by Crippen LogP contribution is 2.25. The zero-order valence-electron chi connectivity index (χ0n) is 12.9. The van der Waals surface area contributed by atoms with Crippen LogP contribution in [0.4, 0.5) is 8.78 Å². The molecule has 6 heteroatoms. The van der Waals surface area contributed by atoms with Crippen molar-refractivity contribution in [3.63, 3.8) is 0 Å². The minimum absolute atomic E-state index is 0.0420. The van der Waals surface area contributed by atoms with Gasteiger partial charge in [-0.05, 0) is 23.8 Å². The maximum absolute atomic E-state index is 13.7. The van der Waals surface area contributed by atoms with Crippen molar-refractivity contribution >= 4 is 5.91 Å². The van der Waals surface area contributed by atoms with Gasteiger partial charge in [0.1, 0.15) is 11.9 Å². The number of rotatable bonds is 3. The predicted molar refractivity (Wildman–Crippen MR) is 83.4 cm³/mol. The first kappa shape index (κ1) is 16.4. The van der Waals surface area contributed by atoms with Gasteiger partial charge in [0.15, 0.2) is 11.6 Å². The number of phenolic OH excluding ortho intramolecular Hbond substituents is 1. The summed E-state index contributed by atoms with van der Waals surface area (Å²) in [5.41, 5.74) is 0.810. The number of carbonyl (C=O) groups is 1. The van der Waals surface area contributed by atoms with E-state index in [1.807, 2.05) is 6.07 Å². The van der Waals surface area contributed by atoms with Crippen LogP contribution in [0.1, 0.15) is 17.2 Å². The lowest BCUT2D eigenvalue weighted by atomic mass is 10.1. The Morgan fingerprint density at radius 1 is 1.25 bits per heavy atom. The van der Waals surface area contributed by atoms with E-state index in [9.17, 15) is 18.7 Å². The van der Waals surface area contributed by atoms with Crippen LogP contribution in [0.15, 0.2) is 42.5 Å². The van der Waals surface area contributed by atoms with Gasteiger partial charge in [-0.2, -0.15) is 0 Å². The predicted octanol–water partition coefficient (Wildman–Crippen LogP) is 2.81. The third kappa shape index (κ3) is 3.54. The van der Waals surface area contributed by atoms with E-state index in [2.05, 4.69) is 0 Å². The van der Waals surface area contributed by atoms with Crippen molar-refractivity contribution in [3.8, 4) is 5.75 Å². The molecule has 0 radical (unpaired) electrons. The molecule has 126 valence electrons. The van der Waals surface area contributed by atoms with Crippen molar-refractivity contribution < 1.29 is 23.4 Å². The second-order valence-corrected chi connectivity index (χ2v) is 5.68. The molecule has 1 fully saturated rings. The maximum atomic E-state index is 13.7. The van der Waals surface area contributed by atoms with Crippen molar-refractivity contribution in [2.75, 3.05) is 19.7 Å². The lowest BCUT2D eigenvalue weighted by Crippen LogP contribution is -2.43. The SMILES string of the molecule is O=C(Cc1cccc(F)c1F)N1CCO[C@H](c2cccc(O)c2)C1. The van der Waals surface area contributed by atoms with Crippen LogP contribution in [0.25, 0.3) is 0 Å². The standard InChI is InChI=1S/C18H17F2NO3/c19-15-6-2-4-13(18(15)20)10-17(23)21-7-8-24-16(11-21)12-3-1-5-14(22)9-12/h1-6,9,16,22H,7-8,10-11H2/t16-/m0/s1. The molecular weight excluding hydrogens is 316 g/mol. The van der Waals surface area contributed by atoms with Crippen LogP contribution in [-0.2, 0) is 16.0 Å². The number of halogens is 2. The largest absolute Gasteiger partial charge is 0.508 e. The number of ether oxygens (including phenoxy) is 1. The molecule has 0 saturated carbocycles. The molecule has 24 heavy (non-hydrogen) atoms. The van der Waals surface area contributed by atoms with Crippen molar-refractivity contribution in [1.29, 1.82) is 0 Å². The molecule has 1 heterocycles. The van der Waals surface area contributed by atoms with Gasteiger partial charge in [0.25, 0.3) is 0 Å². The Kier molecular flexibility index (Phi) is 4.76. The Labute approximate surface area is 138 Å². The molecule has 4 nitrogen and oxygen atoms in total. The Balaban J connectivity index is 1.70. The highest BCUT2D eigenvalue weighted by molar-refractivity contribution is 5.79. The van der Waals surface area contributed by atoms with Crippen molar-refractivity contribution in [2.24, 2.45) is 0 Å². The van der Waals surface area contributed by atoms with Gasteiger partial charge in [-0.1, -0.05) is 24.3 Å². The van der Waals surface area contributed by atoms with Gasteiger partial charge in [0, 0.05) is 12.1 Å². The second kappa shape index (κ2) is 6.97. The maximum Gasteiger partial charge on any atom is 0.227 e. The molecule has 1 atom stereocenters. The Bertz CT molecular complexity index is 751. The van der Waals surface area contributed by atoms with E-state index in [-0.39, 0.29) is 29.7 Å². The van der Waals surface area contributed by atoms with Crippen LogP contribution in [0.2, 0.25) is 0 Å². The van der Waals surface area contributed by atoms with E-state index in [0.29, 0.717) is 19.7 Å². The fourth-order valence-electron chi connectivity index (χ4n) is 2.76. The molecule has 1 aliphatic heterocycles. The molecule has 0 unspecified atom stereocenters. The summed E-state index contributed by atoms with van der Waals surface area (Å²) in [5, 5.41) is 9.56. The summed E-state index contributed by atoms with van der Waals surface area (Å²) in [6.45, 7) is 1.04. The van der Waals surface area contributed by atoms with Gasteiger partial charge in [-0.15, -0.1) is 0 Å². The van der Waals surface area contributed by atoms with Crippen LogP contribution in [0.3, 0.4) is 0 Å². The fourth-order valence-corrected chi connectivity index (χ4v) is 2.76. The van der Waals surface area contributed by atoms with E-state index in [4.69, 9.17) is 4.74 Å². The van der Waals surface area contributed by atoms with E-state index >= 15 is 0 Å². The number of phenols is 1. The summed E-state index contributed by atoms with van der Waals surface area (Å²) in [6, 6.07) is 10.5. The Hall–Kier alpha value is -2.47. The third-order valence-electron chi connectivity index (χ3n) is 4.03. The van der Waals surface area contributed by atoms with Crippen molar-refractivity contribution in [2.45, 2.75) is 12.5 Å².